The molecule has 1 heterocycles. The van der Waals surface area contributed by atoms with E-state index in [1.165, 1.54) is 22.4 Å². The number of nitrogens with zero attached hydrogens (tertiary/aromatic N) is 2. The maximum absolute atomic E-state index is 4.34. The van der Waals surface area contributed by atoms with Crippen molar-refractivity contribution in [2.75, 3.05) is 31.6 Å². The summed E-state index contributed by atoms with van der Waals surface area (Å²) in [6, 6.07) is 17.4. The molecule has 2 aromatic carbocycles. The normalized spacial score (nSPS) is 15.1. The van der Waals surface area contributed by atoms with Crippen LogP contribution in [0.2, 0.25) is 0 Å². The summed E-state index contributed by atoms with van der Waals surface area (Å²) in [5.41, 5.74) is 5.18. The molecule has 0 aliphatic carbocycles. The average molecular weight is 363 g/mol. The molecule has 1 aliphatic heterocycles. The fourth-order valence-electron chi connectivity index (χ4n) is 3.26. The SMILES string of the molecule is CN=C(NCc1ccc(N2CC=CC2)cc1)NCC(C)c1cccc(C)c1. The molecule has 4 nitrogen and oxygen atoms in total. The maximum Gasteiger partial charge on any atom is 0.191 e. The van der Waals surface area contributed by atoms with Gasteiger partial charge in [0.05, 0.1) is 0 Å². The summed E-state index contributed by atoms with van der Waals surface area (Å²) in [6.45, 7) is 8.00. The molecule has 27 heavy (non-hydrogen) atoms. The van der Waals surface area contributed by atoms with Crippen LogP contribution in [-0.2, 0) is 6.54 Å². The first-order valence-corrected chi connectivity index (χ1v) is 9.65. The second-order valence-electron chi connectivity index (χ2n) is 7.16. The van der Waals surface area contributed by atoms with Gasteiger partial charge in [-0.15, -0.1) is 0 Å². The van der Waals surface area contributed by atoms with Gasteiger partial charge in [0.1, 0.15) is 0 Å². The molecule has 0 spiro atoms. The Labute approximate surface area is 163 Å². The zero-order valence-electron chi connectivity index (χ0n) is 16.6. The first kappa shape index (κ1) is 19.0. The lowest BCUT2D eigenvalue weighted by Gasteiger charge is -2.19. The number of benzene rings is 2. The molecule has 0 radical (unpaired) electrons. The molecular weight excluding hydrogens is 332 g/mol. The Balaban J connectivity index is 1.47. The predicted molar refractivity (Wildman–Crippen MR) is 116 cm³/mol. The second kappa shape index (κ2) is 9.26. The van der Waals surface area contributed by atoms with Crippen molar-refractivity contribution in [1.29, 1.82) is 0 Å². The molecule has 0 bridgehead atoms. The molecule has 1 aliphatic rings. The van der Waals surface area contributed by atoms with E-state index in [9.17, 15) is 0 Å². The largest absolute Gasteiger partial charge is 0.364 e. The third kappa shape index (κ3) is 5.36. The smallest absolute Gasteiger partial charge is 0.191 e. The van der Waals surface area contributed by atoms with Crippen molar-refractivity contribution >= 4 is 11.6 Å². The number of aryl methyl sites for hydroxylation is 1. The van der Waals surface area contributed by atoms with Crippen LogP contribution in [0.4, 0.5) is 5.69 Å². The Morgan fingerprint density at radius 3 is 2.48 bits per heavy atom. The van der Waals surface area contributed by atoms with Gasteiger partial charge in [-0.2, -0.15) is 0 Å². The monoisotopic (exact) mass is 362 g/mol. The molecule has 2 aromatic rings. The van der Waals surface area contributed by atoms with Crippen LogP contribution in [-0.4, -0.2) is 32.6 Å². The molecule has 142 valence electrons. The fourth-order valence-corrected chi connectivity index (χ4v) is 3.26. The van der Waals surface area contributed by atoms with Crippen molar-refractivity contribution in [3.63, 3.8) is 0 Å². The highest BCUT2D eigenvalue weighted by atomic mass is 15.2. The average Bonchev–Trinajstić information content (AvgIpc) is 3.23. The highest BCUT2D eigenvalue weighted by Gasteiger charge is 2.08. The predicted octanol–water partition coefficient (Wildman–Crippen LogP) is 3.84. The van der Waals surface area contributed by atoms with Crippen LogP contribution in [0, 0.1) is 6.92 Å². The number of anilines is 1. The topological polar surface area (TPSA) is 39.7 Å². The third-order valence-corrected chi connectivity index (χ3v) is 4.99. The van der Waals surface area contributed by atoms with Gasteiger partial charge in [0.15, 0.2) is 5.96 Å². The lowest BCUT2D eigenvalue weighted by molar-refractivity contribution is 0.698. The summed E-state index contributed by atoms with van der Waals surface area (Å²) >= 11 is 0. The van der Waals surface area contributed by atoms with Crippen molar-refractivity contribution in [1.82, 2.24) is 10.6 Å². The molecule has 2 N–H and O–H groups in total. The fraction of sp³-hybridized carbons (Fsp3) is 0.348. The standard InChI is InChI=1S/C23H30N4/c1-18-7-6-8-21(15-18)19(2)16-25-23(24-3)26-17-20-9-11-22(12-10-20)27-13-4-5-14-27/h4-12,15,19H,13-14,16-17H2,1-3H3,(H2,24,25,26). The molecular formula is C23H30N4. The Morgan fingerprint density at radius 2 is 1.81 bits per heavy atom. The summed E-state index contributed by atoms with van der Waals surface area (Å²) in [4.78, 5) is 6.70. The van der Waals surface area contributed by atoms with E-state index in [4.69, 9.17) is 0 Å². The highest BCUT2D eigenvalue weighted by Crippen LogP contribution is 2.18. The van der Waals surface area contributed by atoms with Crippen molar-refractivity contribution in [3.8, 4) is 0 Å². The first-order chi connectivity index (χ1) is 13.2. The number of rotatable bonds is 6. The number of guanidine groups is 1. The number of hydrogen-bond acceptors (Lipinski definition) is 2. The van der Waals surface area contributed by atoms with Gasteiger partial charge in [-0.3, -0.25) is 4.99 Å². The van der Waals surface area contributed by atoms with E-state index in [1.807, 2.05) is 7.05 Å². The van der Waals surface area contributed by atoms with E-state index in [1.54, 1.807) is 0 Å². The van der Waals surface area contributed by atoms with Crippen LogP contribution in [0.25, 0.3) is 0 Å². The molecule has 0 amide bonds. The van der Waals surface area contributed by atoms with Gasteiger partial charge in [0, 0.05) is 38.9 Å². The number of hydrogen-bond donors (Lipinski definition) is 2. The van der Waals surface area contributed by atoms with E-state index in [2.05, 4.69) is 95.1 Å². The van der Waals surface area contributed by atoms with E-state index >= 15 is 0 Å². The van der Waals surface area contributed by atoms with Gasteiger partial charge in [0.25, 0.3) is 0 Å². The van der Waals surface area contributed by atoms with Crippen LogP contribution in [0.3, 0.4) is 0 Å². The number of nitrogens with one attached hydrogen (secondary N) is 2. The van der Waals surface area contributed by atoms with Crippen molar-refractivity contribution in [2.45, 2.75) is 26.3 Å². The molecule has 0 aromatic heterocycles. The van der Waals surface area contributed by atoms with Gasteiger partial charge >= 0.3 is 0 Å². The zero-order valence-corrected chi connectivity index (χ0v) is 16.6. The third-order valence-electron chi connectivity index (χ3n) is 4.99. The minimum Gasteiger partial charge on any atom is -0.364 e. The van der Waals surface area contributed by atoms with Gasteiger partial charge in [-0.1, -0.05) is 61.0 Å². The lowest BCUT2D eigenvalue weighted by Crippen LogP contribution is -2.38. The molecule has 0 saturated carbocycles. The minimum absolute atomic E-state index is 0.428. The zero-order chi connectivity index (χ0) is 19.1. The van der Waals surface area contributed by atoms with Gasteiger partial charge in [-0.05, 0) is 36.1 Å². The van der Waals surface area contributed by atoms with Crippen molar-refractivity contribution in [2.24, 2.45) is 4.99 Å². The Hall–Kier alpha value is -2.75. The van der Waals surface area contributed by atoms with E-state index in [0.29, 0.717) is 5.92 Å². The van der Waals surface area contributed by atoms with Crippen LogP contribution in [0.15, 0.2) is 65.7 Å². The molecule has 1 atom stereocenters. The van der Waals surface area contributed by atoms with Gasteiger partial charge in [-0.25, -0.2) is 0 Å². The molecule has 4 heteroatoms. The summed E-state index contributed by atoms with van der Waals surface area (Å²) in [7, 11) is 1.82. The minimum atomic E-state index is 0.428. The Morgan fingerprint density at radius 1 is 1.07 bits per heavy atom. The van der Waals surface area contributed by atoms with E-state index in [-0.39, 0.29) is 0 Å². The van der Waals surface area contributed by atoms with Gasteiger partial charge < -0.3 is 15.5 Å². The molecule has 1 unspecified atom stereocenters. The summed E-state index contributed by atoms with van der Waals surface area (Å²) < 4.78 is 0. The van der Waals surface area contributed by atoms with Crippen LogP contribution < -0.4 is 15.5 Å². The van der Waals surface area contributed by atoms with Crippen LogP contribution in [0.5, 0.6) is 0 Å². The van der Waals surface area contributed by atoms with Crippen molar-refractivity contribution < 1.29 is 0 Å². The highest BCUT2D eigenvalue weighted by molar-refractivity contribution is 5.79. The summed E-state index contributed by atoms with van der Waals surface area (Å²) in [5, 5.41) is 6.84. The maximum atomic E-state index is 4.34. The van der Waals surface area contributed by atoms with Crippen LogP contribution >= 0.6 is 0 Å². The van der Waals surface area contributed by atoms with Crippen molar-refractivity contribution in [3.05, 3.63) is 77.4 Å². The molecule has 3 rings (SSSR count). The van der Waals surface area contributed by atoms with E-state index < -0.39 is 0 Å². The number of aliphatic imine (C=N–C) groups is 1. The molecule has 0 fully saturated rings. The van der Waals surface area contributed by atoms with Gasteiger partial charge in [0.2, 0.25) is 0 Å². The quantitative estimate of drug-likeness (QED) is 0.466. The molecule has 0 saturated heterocycles. The second-order valence-corrected chi connectivity index (χ2v) is 7.16. The first-order valence-electron chi connectivity index (χ1n) is 9.65. The van der Waals surface area contributed by atoms with Crippen LogP contribution in [0.1, 0.15) is 29.5 Å². The Kier molecular flexibility index (Phi) is 6.53. The summed E-state index contributed by atoms with van der Waals surface area (Å²) in [5.74, 6) is 1.26. The Bertz CT molecular complexity index is 784. The summed E-state index contributed by atoms with van der Waals surface area (Å²) in [6.07, 6.45) is 4.42. The van der Waals surface area contributed by atoms with E-state index in [0.717, 1.165) is 32.1 Å². The lowest BCUT2D eigenvalue weighted by atomic mass is 9.99.